The molecule has 1 unspecified atom stereocenters. The molecule has 1 aromatic carbocycles. The fourth-order valence-electron chi connectivity index (χ4n) is 3.27. The summed E-state index contributed by atoms with van der Waals surface area (Å²) in [5.41, 5.74) is 1.69. The van der Waals surface area contributed by atoms with Crippen LogP contribution in [0.5, 0.6) is 5.75 Å². The Kier molecular flexibility index (Phi) is 5.41. The first-order chi connectivity index (χ1) is 14.0. The minimum absolute atomic E-state index is 0.185. The number of nitrogens with one attached hydrogen (secondary N) is 1. The van der Waals surface area contributed by atoms with Gasteiger partial charge in [-0.25, -0.2) is 23.1 Å². The lowest BCUT2D eigenvalue weighted by Crippen LogP contribution is -2.37. The van der Waals surface area contributed by atoms with E-state index < -0.39 is 10.0 Å². The van der Waals surface area contributed by atoms with Gasteiger partial charge in [-0.1, -0.05) is 6.07 Å². The Hall–Kier alpha value is -3.04. The zero-order valence-electron chi connectivity index (χ0n) is 15.9. The highest BCUT2D eigenvalue weighted by molar-refractivity contribution is 7.89. The molecule has 9 heteroatoms. The molecule has 3 aromatic rings. The van der Waals surface area contributed by atoms with E-state index in [1.165, 1.54) is 13.2 Å². The van der Waals surface area contributed by atoms with Crippen LogP contribution in [0.4, 0.5) is 5.95 Å². The van der Waals surface area contributed by atoms with Crippen LogP contribution in [0.15, 0.2) is 66.0 Å². The highest BCUT2D eigenvalue weighted by Gasteiger charge is 2.29. The second-order valence-electron chi connectivity index (χ2n) is 6.72. The Morgan fingerprint density at radius 3 is 2.86 bits per heavy atom. The van der Waals surface area contributed by atoms with Crippen LogP contribution in [0, 0.1) is 0 Å². The minimum Gasteiger partial charge on any atom is -0.497 e. The first-order valence-electron chi connectivity index (χ1n) is 9.20. The van der Waals surface area contributed by atoms with Gasteiger partial charge < -0.3 is 9.64 Å². The van der Waals surface area contributed by atoms with Crippen molar-refractivity contribution in [3.8, 4) is 17.0 Å². The van der Waals surface area contributed by atoms with Crippen LogP contribution in [0.1, 0.15) is 6.42 Å². The van der Waals surface area contributed by atoms with Gasteiger partial charge in [0.25, 0.3) is 0 Å². The molecule has 0 bridgehead atoms. The number of hydrogen-bond acceptors (Lipinski definition) is 7. The van der Waals surface area contributed by atoms with Crippen molar-refractivity contribution >= 4 is 16.0 Å². The smallest absolute Gasteiger partial charge is 0.241 e. The van der Waals surface area contributed by atoms with Crippen LogP contribution >= 0.6 is 0 Å². The third-order valence-corrected chi connectivity index (χ3v) is 6.26. The van der Waals surface area contributed by atoms with Crippen molar-refractivity contribution in [2.45, 2.75) is 17.4 Å². The van der Waals surface area contributed by atoms with E-state index in [0.29, 0.717) is 31.2 Å². The van der Waals surface area contributed by atoms with E-state index in [-0.39, 0.29) is 10.9 Å². The van der Waals surface area contributed by atoms with Crippen LogP contribution < -0.4 is 14.4 Å². The third-order valence-electron chi connectivity index (χ3n) is 4.74. The molecule has 29 heavy (non-hydrogen) atoms. The number of rotatable bonds is 6. The van der Waals surface area contributed by atoms with Gasteiger partial charge in [0.15, 0.2) is 0 Å². The van der Waals surface area contributed by atoms with Gasteiger partial charge in [-0.15, -0.1) is 0 Å². The van der Waals surface area contributed by atoms with E-state index in [1.807, 2.05) is 23.1 Å². The molecule has 0 aliphatic carbocycles. The van der Waals surface area contributed by atoms with Crippen molar-refractivity contribution in [3.05, 3.63) is 61.1 Å². The van der Waals surface area contributed by atoms with E-state index in [2.05, 4.69) is 19.7 Å². The SMILES string of the molecule is COc1cccc(S(=O)(=O)NC2CCN(c3nccc(-c4cccnc4)n3)C2)c1. The lowest BCUT2D eigenvalue weighted by molar-refractivity contribution is 0.413. The minimum atomic E-state index is -3.64. The maximum absolute atomic E-state index is 12.7. The first kappa shape index (κ1) is 19.3. The highest BCUT2D eigenvalue weighted by atomic mass is 32.2. The van der Waals surface area contributed by atoms with E-state index in [1.54, 1.807) is 36.8 Å². The van der Waals surface area contributed by atoms with E-state index in [4.69, 9.17) is 4.74 Å². The number of sulfonamides is 1. The second kappa shape index (κ2) is 8.14. The predicted octanol–water partition coefficient (Wildman–Crippen LogP) is 2.10. The van der Waals surface area contributed by atoms with Crippen molar-refractivity contribution in [2.75, 3.05) is 25.1 Å². The first-order valence-corrected chi connectivity index (χ1v) is 10.7. The molecule has 1 aliphatic rings. The molecule has 1 N–H and O–H groups in total. The molecule has 1 saturated heterocycles. The van der Waals surface area contributed by atoms with Crippen LogP contribution in [-0.4, -0.2) is 49.6 Å². The van der Waals surface area contributed by atoms with Gasteiger partial charge in [0, 0.05) is 49.4 Å². The summed E-state index contributed by atoms with van der Waals surface area (Å²) in [6.07, 6.45) is 5.84. The van der Waals surface area contributed by atoms with Crippen LogP contribution in [-0.2, 0) is 10.0 Å². The standard InChI is InChI=1S/C20H21N5O3S/c1-28-17-5-2-6-18(12-17)29(26,27)24-16-8-11-25(14-16)20-22-10-7-19(23-20)15-4-3-9-21-13-15/h2-7,9-10,12-13,16,24H,8,11,14H2,1H3. The molecule has 4 rings (SSSR count). The Bertz CT molecular complexity index is 1090. The van der Waals surface area contributed by atoms with Gasteiger partial charge in [-0.05, 0) is 36.8 Å². The summed E-state index contributed by atoms with van der Waals surface area (Å²) in [6.45, 7) is 1.17. The Morgan fingerprint density at radius 1 is 1.17 bits per heavy atom. The Labute approximate surface area is 169 Å². The molecule has 1 atom stereocenters. The topological polar surface area (TPSA) is 97.3 Å². The molecule has 150 valence electrons. The van der Waals surface area contributed by atoms with Gasteiger partial charge >= 0.3 is 0 Å². The lowest BCUT2D eigenvalue weighted by Gasteiger charge is -2.17. The number of methoxy groups -OCH3 is 1. The zero-order valence-corrected chi connectivity index (χ0v) is 16.7. The quantitative estimate of drug-likeness (QED) is 0.663. The van der Waals surface area contributed by atoms with Crippen molar-refractivity contribution in [1.82, 2.24) is 19.7 Å². The summed E-state index contributed by atoms with van der Waals surface area (Å²) in [4.78, 5) is 15.3. The number of nitrogens with zero attached hydrogens (tertiary/aromatic N) is 4. The lowest BCUT2D eigenvalue weighted by atomic mass is 10.2. The fourth-order valence-corrected chi connectivity index (χ4v) is 4.57. The van der Waals surface area contributed by atoms with Gasteiger partial charge in [-0.2, -0.15) is 0 Å². The van der Waals surface area contributed by atoms with Crippen LogP contribution in [0.2, 0.25) is 0 Å². The number of ether oxygens (including phenoxy) is 1. The molecule has 2 aromatic heterocycles. The Balaban J connectivity index is 1.47. The predicted molar refractivity (Wildman–Crippen MR) is 109 cm³/mol. The summed E-state index contributed by atoms with van der Waals surface area (Å²) in [5.74, 6) is 1.08. The van der Waals surface area contributed by atoms with Crippen molar-refractivity contribution in [2.24, 2.45) is 0 Å². The van der Waals surface area contributed by atoms with E-state index >= 15 is 0 Å². The maximum atomic E-state index is 12.7. The van der Waals surface area contributed by atoms with E-state index in [0.717, 1.165) is 11.3 Å². The van der Waals surface area contributed by atoms with Crippen molar-refractivity contribution < 1.29 is 13.2 Å². The third kappa shape index (κ3) is 4.36. The number of hydrogen-bond donors (Lipinski definition) is 1. The average Bonchev–Trinajstić information content (AvgIpc) is 3.22. The largest absolute Gasteiger partial charge is 0.497 e. The molecular formula is C20H21N5O3S. The highest BCUT2D eigenvalue weighted by Crippen LogP contribution is 2.22. The number of anilines is 1. The van der Waals surface area contributed by atoms with Crippen LogP contribution in [0.25, 0.3) is 11.3 Å². The van der Waals surface area contributed by atoms with Crippen molar-refractivity contribution in [3.63, 3.8) is 0 Å². The number of benzene rings is 1. The molecule has 8 nitrogen and oxygen atoms in total. The normalized spacial score (nSPS) is 16.7. The summed E-state index contributed by atoms with van der Waals surface area (Å²) in [6, 6.07) is 11.8. The monoisotopic (exact) mass is 411 g/mol. The molecule has 0 spiro atoms. The Morgan fingerprint density at radius 2 is 2.07 bits per heavy atom. The molecule has 3 heterocycles. The number of pyridine rings is 1. The summed E-state index contributed by atoms with van der Waals surface area (Å²) >= 11 is 0. The van der Waals surface area contributed by atoms with Gasteiger partial charge in [0.05, 0.1) is 17.7 Å². The van der Waals surface area contributed by atoms with Gasteiger partial charge in [-0.3, -0.25) is 4.98 Å². The molecule has 0 amide bonds. The zero-order chi connectivity index (χ0) is 20.3. The summed E-state index contributed by atoms with van der Waals surface area (Å²) in [5, 5.41) is 0. The number of aromatic nitrogens is 3. The van der Waals surface area contributed by atoms with Gasteiger partial charge in [0.2, 0.25) is 16.0 Å². The fraction of sp³-hybridized carbons (Fsp3) is 0.250. The summed E-state index contributed by atoms with van der Waals surface area (Å²) < 4.78 is 33.3. The summed E-state index contributed by atoms with van der Waals surface area (Å²) in [7, 11) is -2.13. The second-order valence-corrected chi connectivity index (χ2v) is 8.43. The maximum Gasteiger partial charge on any atom is 0.241 e. The van der Waals surface area contributed by atoms with Gasteiger partial charge in [0.1, 0.15) is 5.75 Å². The van der Waals surface area contributed by atoms with Crippen LogP contribution in [0.3, 0.4) is 0 Å². The molecular weight excluding hydrogens is 390 g/mol. The molecule has 1 aliphatic heterocycles. The van der Waals surface area contributed by atoms with E-state index in [9.17, 15) is 8.42 Å². The average molecular weight is 411 g/mol. The molecule has 0 saturated carbocycles. The molecule has 0 radical (unpaired) electrons. The molecule has 1 fully saturated rings. The van der Waals surface area contributed by atoms with Crippen molar-refractivity contribution in [1.29, 1.82) is 0 Å².